The number of nitrogens with zero attached hydrogens (tertiary/aromatic N) is 1. The minimum Gasteiger partial charge on any atom is -0.507 e. The van der Waals surface area contributed by atoms with Crippen molar-refractivity contribution in [3.63, 3.8) is 0 Å². The van der Waals surface area contributed by atoms with E-state index in [2.05, 4.69) is 10.5 Å². The van der Waals surface area contributed by atoms with Crippen molar-refractivity contribution in [3.8, 4) is 11.5 Å². The molecule has 18 heavy (non-hydrogen) atoms. The molecule has 3 N–H and O–H groups in total. The van der Waals surface area contributed by atoms with Crippen molar-refractivity contribution < 1.29 is 19.5 Å². The molecule has 0 aliphatic carbocycles. The normalized spacial score (nSPS) is 10.3. The number of phenols is 2. The second kappa shape index (κ2) is 4.79. The molecule has 94 valence electrons. The Hall–Kier alpha value is -2.50. The lowest BCUT2D eigenvalue weighted by Gasteiger charge is -2.06. The van der Waals surface area contributed by atoms with Crippen LogP contribution in [-0.4, -0.2) is 21.3 Å². The average Bonchev–Trinajstić information content (AvgIpc) is 2.72. The van der Waals surface area contributed by atoms with Crippen molar-refractivity contribution in [1.29, 1.82) is 0 Å². The Balaban J connectivity index is 2.08. The summed E-state index contributed by atoms with van der Waals surface area (Å²) in [5.41, 5.74) is 0.411. The van der Waals surface area contributed by atoms with Gasteiger partial charge in [-0.2, -0.15) is 0 Å². The van der Waals surface area contributed by atoms with E-state index in [9.17, 15) is 15.0 Å². The standard InChI is InChI=1S/C12H12N2O4/c1-7-5-8(14-18-7)6-13-12(17)11-9(15)3-2-4-10(11)16/h2-5,15-16H,6H2,1H3,(H,13,17). The maximum Gasteiger partial charge on any atom is 0.259 e. The molecule has 0 unspecified atom stereocenters. The number of benzene rings is 1. The van der Waals surface area contributed by atoms with Crippen LogP contribution >= 0.6 is 0 Å². The summed E-state index contributed by atoms with van der Waals surface area (Å²) in [5.74, 6) is -0.483. The highest BCUT2D eigenvalue weighted by atomic mass is 16.5. The summed E-state index contributed by atoms with van der Waals surface area (Å²) in [4.78, 5) is 11.8. The van der Waals surface area contributed by atoms with Crippen molar-refractivity contribution in [3.05, 3.63) is 41.3 Å². The Morgan fingerprint density at radius 3 is 2.61 bits per heavy atom. The zero-order valence-corrected chi connectivity index (χ0v) is 9.67. The van der Waals surface area contributed by atoms with E-state index in [1.165, 1.54) is 18.2 Å². The number of hydrogen-bond acceptors (Lipinski definition) is 5. The number of aromatic nitrogens is 1. The van der Waals surface area contributed by atoms with Crippen LogP contribution in [0.5, 0.6) is 11.5 Å². The lowest BCUT2D eigenvalue weighted by atomic mass is 10.1. The number of amides is 1. The van der Waals surface area contributed by atoms with Gasteiger partial charge in [0, 0.05) is 6.07 Å². The van der Waals surface area contributed by atoms with Gasteiger partial charge in [-0.1, -0.05) is 11.2 Å². The zero-order valence-electron chi connectivity index (χ0n) is 9.67. The molecule has 0 radical (unpaired) electrons. The van der Waals surface area contributed by atoms with Gasteiger partial charge in [-0.25, -0.2) is 0 Å². The fourth-order valence-corrected chi connectivity index (χ4v) is 1.52. The fraction of sp³-hybridized carbons (Fsp3) is 0.167. The van der Waals surface area contributed by atoms with Crippen LogP contribution in [0.15, 0.2) is 28.8 Å². The molecule has 2 aromatic rings. The van der Waals surface area contributed by atoms with E-state index in [1.54, 1.807) is 13.0 Å². The summed E-state index contributed by atoms with van der Waals surface area (Å²) in [6.07, 6.45) is 0. The lowest BCUT2D eigenvalue weighted by Crippen LogP contribution is -2.23. The molecular formula is C12H12N2O4. The predicted molar refractivity (Wildman–Crippen MR) is 62.2 cm³/mol. The topological polar surface area (TPSA) is 95.6 Å². The second-order valence-electron chi connectivity index (χ2n) is 3.78. The third kappa shape index (κ3) is 2.42. The third-order valence-corrected chi connectivity index (χ3v) is 2.35. The number of phenolic OH excluding ortho intramolecular Hbond substituents is 2. The molecule has 6 nitrogen and oxygen atoms in total. The highest BCUT2D eigenvalue weighted by Gasteiger charge is 2.15. The molecule has 2 rings (SSSR count). The molecule has 0 bridgehead atoms. The molecule has 0 spiro atoms. The van der Waals surface area contributed by atoms with Gasteiger partial charge in [-0.15, -0.1) is 0 Å². The second-order valence-corrected chi connectivity index (χ2v) is 3.78. The smallest absolute Gasteiger partial charge is 0.259 e. The molecule has 1 heterocycles. The van der Waals surface area contributed by atoms with E-state index in [0.717, 1.165) is 0 Å². The van der Waals surface area contributed by atoms with Gasteiger partial charge in [0.05, 0.1) is 6.54 Å². The van der Waals surface area contributed by atoms with Gasteiger partial charge in [0.2, 0.25) is 0 Å². The van der Waals surface area contributed by atoms with Crippen LogP contribution in [0.2, 0.25) is 0 Å². The van der Waals surface area contributed by atoms with Crippen LogP contribution < -0.4 is 5.32 Å². The summed E-state index contributed by atoms with van der Waals surface area (Å²) in [7, 11) is 0. The van der Waals surface area contributed by atoms with Gasteiger partial charge >= 0.3 is 0 Å². The first kappa shape index (κ1) is 12.0. The monoisotopic (exact) mass is 248 g/mol. The third-order valence-electron chi connectivity index (χ3n) is 2.35. The summed E-state index contributed by atoms with van der Waals surface area (Å²) in [6.45, 7) is 1.90. The highest BCUT2D eigenvalue weighted by Crippen LogP contribution is 2.25. The van der Waals surface area contributed by atoms with Crippen molar-refractivity contribution in [2.45, 2.75) is 13.5 Å². The van der Waals surface area contributed by atoms with Gasteiger partial charge in [-0.05, 0) is 19.1 Å². The van der Waals surface area contributed by atoms with Crippen LogP contribution in [0, 0.1) is 6.92 Å². The molecule has 1 aromatic heterocycles. The highest BCUT2D eigenvalue weighted by molar-refractivity contribution is 5.99. The first-order valence-corrected chi connectivity index (χ1v) is 5.29. The van der Waals surface area contributed by atoms with E-state index in [0.29, 0.717) is 11.5 Å². The molecular weight excluding hydrogens is 236 g/mol. The van der Waals surface area contributed by atoms with Crippen molar-refractivity contribution in [2.24, 2.45) is 0 Å². The van der Waals surface area contributed by atoms with Crippen LogP contribution in [0.1, 0.15) is 21.8 Å². The van der Waals surface area contributed by atoms with Crippen LogP contribution in [0.25, 0.3) is 0 Å². The van der Waals surface area contributed by atoms with Crippen LogP contribution in [-0.2, 0) is 6.54 Å². The summed E-state index contributed by atoms with van der Waals surface area (Å²) < 4.78 is 4.85. The fourth-order valence-electron chi connectivity index (χ4n) is 1.52. The Morgan fingerprint density at radius 2 is 2.06 bits per heavy atom. The van der Waals surface area contributed by atoms with E-state index >= 15 is 0 Å². The molecule has 0 saturated heterocycles. The van der Waals surface area contributed by atoms with Gasteiger partial charge in [-0.3, -0.25) is 4.79 Å². The molecule has 0 aliphatic rings. The van der Waals surface area contributed by atoms with Gasteiger partial charge in [0.15, 0.2) is 0 Å². The van der Waals surface area contributed by atoms with Gasteiger partial charge < -0.3 is 20.1 Å². The number of nitrogens with one attached hydrogen (secondary N) is 1. The van der Waals surface area contributed by atoms with E-state index in [4.69, 9.17) is 4.52 Å². The number of carbonyl (C=O) groups is 1. The molecule has 0 fully saturated rings. The molecule has 0 aliphatic heterocycles. The number of aromatic hydroxyl groups is 2. The summed E-state index contributed by atoms with van der Waals surface area (Å²) in [5, 5.41) is 25.3. The van der Waals surface area contributed by atoms with Crippen LogP contribution in [0.4, 0.5) is 0 Å². The number of rotatable bonds is 3. The summed E-state index contributed by atoms with van der Waals surface area (Å²) >= 11 is 0. The Kier molecular flexibility index (Phi) is 3.18. The Labute approximate surface area is 103 Å². The zero-order chi connectivity index (χ0) is 13.1. The van der Waals surface area contributed by atoms with Gasteiger partial charge in [0.25, 0.3) is 5.91 Å². The number of hydrogen-bond donors (Lipinski definition) is 3. The average molecular weight is 248 g/mol. The quantitative estimate of drug-likeness (QED) is 0.761. The molecule has 0 atom stereocenters. The van der Waals surface area contributed by atoms with E-state index < -0.39 is 5.91 Å². The van der Waals surface area contributed by atoms with Gasteiger partial charge in [0.1, 0.15) is 28.5 Å². The minimum atomic E-state index is -0.578. The maximum absolute atomic E-state index is 11.8. The Bertz CT molecular complexity index is 557. The largest absolute Gasteiger partial charge is 0.507 e. The molecule has 6 heteroatoms. The minimum absolute atomic E-state index is 0.155. The first-order chi connectivity index (χ1) is 8.58. The van der Waals surface area contributed by atoms with E-state index in [-0.39, 0.29) is 23.6 Å². The van der Waals surface area contributed by atoms with Crippen molar-refractivity contribution in [1.82, 2.24) is 10.5 Å². The maximum atomic E-state index is 11.8. The molecule has 1 aromatic carbocycles. The lowest BCUT2D eigenvalue weighted by molar-refractivity contribution is 0.0944. The van der Waals surface area contributed by atoms with Crippen molar-refractivity contribution in [2.75, 3.05) is 0 Å². The van der Waals surface area contributed by atoms with Crippen LogP contribution in [0.3, 0.4) is 0 Å². The number of carbonyl (C=O) groups excluding carboxylic acids is 1. The number of aryl methyl sites for hydroxylation is 1. The molecule has 0 saturated carbocycles. The van der Waals surface area contributed by atoms with Crippen molar-refractivity contribution >= 4 is 5.91 Å². The summed E-state index contributed by atoms with van der Waals surface area (Å²) in [6, 6.07) is 5.79. The Morgan fingerprint density at radius 1 is 1.39 bits per heavy atom. The first-order valence-electron chi connectivity index (χ1n) is 5.29. The van der Waals surface area contributed by atoms with E-state index in [1.807, 2.05) is 0 Å². The SMILES string of the molecule is Cc1cc(CNC(=O)c2c(O)cccc2O)no1. The molecule has 1 amide bonds. The predicted octanol–water partition coefficient (Wildman–Crippen LogP) is 1.32.